The van der Waals surface area contributed by atoms with Gasteiger partial charge in [0.15, 0.2) is 5.78 Å². The van der Waals surface area contributed by atoms with Crippen LogP contribution in [0.15, 0.2) is 30.7 Å². The molecule has 3 N–H and O–H groups in total. The summed E-state index contributed by atoms with van der Waals surface area (Å²) in [4.78, 5) is 15.6. The zero-order chi connectivity index (χ0) is 10.7. The number of aromatic nitrogens is 3. The van der Waals surface area contributed by atoms with Gasteiger partial charge in [0, 0.05) is 24.4 Å². The fourth-order valence-corrected chi connectivity index (χ4v) is 1.28. The van der Waals surface area contributed by atoms with E-state index in [0.29, 0.717) is 11.4 Å². The predicted molar refractivity (Wildman–Crippen MR) is 55.3 cm³/mol. The monoisotopic (exact) mass is 202 g/mol. The maximum atomic E-state index is 11.7. The largest absolute Gasteiger partial charge is 0.383 e. The average Bonchev–Trinajstić information content (AvgIpc) is 2.74. The molecule has 0 radical (unpaired) electrons. The van der Waals surface area contributed by atoms with Crippen LogP contribution in [0.25, 0.3) is 0 Å². The van der Waals surface area contributed by atoms with E-state index in [1.165, 1.54) is 6.20 Å². The second-order valence-electron chi connectivity index (χ2n) is 3.13. The molecule has 5 heteroatoms. The Kier molecular flexibility index (Phi) is 2.45. The molecule has 0 saturated carbocycles. The Morgan fingerprint density at radius 3 is 3.07 bits per heavy atom. The molecule has 0 unspecified atom stereocenters. The van der Waals surface area contributed by atoms with Gasteiger partial charge in [-0.1, -0.05) is 6.07 Å². The number of carbonyl (C=O) groups excluding carboxylic acids is 1. The number of aromatic amines is 1. The highest BCUT2D eigenvalue weighted by molar-refractivity contribution is 5.97. The lowest BCUT2D eigenvalue weighted by molar-refractivity contribution is 0.0993. The number of nitrogens with zero attached hydrogens (tertiary/aromatic N) is 2. The van der Waals surface area contributed by atoms with E-state index in [1.807, 2.05) is 0 Å². The molecule has 0 amide bonds. The minimum atomic E-state index is -0.0246. The fraction of sp³-hybridized carbons (Fsp3) is 0.100. The van der Waals surface area contributed by atoms with Gasteiger partial charge in [-0.3, -0.25) is 9.89 Å². The van der Waals surface area contributed by atoms with Crippen molar-refractivity contribution in [1.82, 2.24) is 15.2 Å². The normalized spacial score (nSPS) is 10.1. The Bertz CT molecular complexity index is 464. The van der Waals surface area contributed by atoms with Gasteiger partial charge in [0.25, 0.3) is 0 Å². The number of H-pyrrole nitrogens is 1. The lowest BCUT2D eigenvalue weighted by Crippen LogP contribution is -2.05. The van der Waals surface area contributed by atoms with Crippen molar-refractivity contribution in [2.24, 2.45) is 0 Å². The summed E-state index contributed by atoms with van der Waals surface area (Å²) in [5.41, 5.74) is 6.93. The van der Waals surface area contributed by atoms with Crippen LogP contribution in [-0.2, 0) is 6.42 Å². The van der Waals surface area contributed by atoms with Crippen LogP contribution in [0.5, 0.6) is 0 Å². The van der Waals surface area contributed by atoms with Gasteiger partial charge >= 0.3 is 0 Å². The second-order valence-corrected chi connectivity index (χ2v) is 3.13. The number of hydrogen-bond donors (Lipinski definition) is 2. The molecule has 0 aliphatic rings. The Hall–Kier alpha value is -2.17. The van der Waals surface area contributed by atoms with Crippen LogP contribution in [-0.4, -0.2) is 21.0 Å². The first-order valence-electron chi connectivity index (χ1n) is 4.48. The fourth-order valence-electron chi connectivity index (χ4n) is 1.28. The summed E-state index contributed by atoms with van der Waals surface area (Å²) in [5.74, 6) is 0.373. The van der Waals surface area contributed by atoms with Crippen molar-refractivity contribution in [1.29, 1.82) is 0 Å². The smallest absolute Gasteiger partial charge is 0.170 e. The lowest BCUT2D eigenvalue weighted by Gasteiger charge is -2.01. The Labute approximate surface area is 86.3 Å². The number of pyridine rings is 1. The predicted octanol–water partition coefficient (Wildman–Crippen LogP) is 0.812. The number of rotatable bonds is 3. The number of anilines is 1. The highest BCUT2D eigenvalue weighted by Crippen LogP contribution is 2.10. The molecule has 2 aromatic heterocycles. The molecule has 5 nitrogen and oxygen atoms in total. The van der Waals surface area contributed by atoms with E-state index in [2.05, 4.69) is 15.2 Å². The van der Waals surface area contributed by atoms with Crippen LogP contribution in [0, 0.1) is 0 Å². The SMILES string of the molecule is Nc1ncccc1CC(=O)c1cn[nH]c1. The van der Waals surface area contributed by atoms with Gasteiger partial charge in [-0.2, -0.15) is 5.10 Å². The van der Waals surface area contributed by atoms with Crippen LogP contribution < -0.4 is 5.73 Å². The average molecular weight is 202 g/mol. The third-order valence-corrected chi connectivity index (χ3v) is 2.10. The van der Waals surface area contributed by atoms with Crippen molar-refractivity contribution in [3.05, 3.63) is 41.9 Å². The summed E-state index contributed by atoms with van der Waals surface area (Å²) in [7, 11) is 0. The zero-order valence-corrected chi connectivity index (χ0v) is 7.97. The van der Waals surface area contributed by atoms with E-state index >= 15 is 0 Å². The molecule has 0 spiro atoms. The Balaban J connectivity index is 2.17. The van der Waals surface area contributed by atoms with Crippen LogP contribution in [0.2, 0.25) is 0 Å². The van der Waals surface area contributed by atoms with Crippen molar-refractivity contribution < 1.29 is 4.79 Å². The van der Waals surface area contributed by atoms with Crippen LogP contribution in [0.3, 0.4) is 0 Å². The summed E-state index contributed by atoms with van der Waals surface area (Å²) in [6.45, 7) is 0. The summed E-state index contributed by atoms with van der Waals surface area (Å²) in [6.07, 6.45) is 4.91. The molecule has 15 heavy (non-hydrogen) atoms. The molecule has 76 valence electrons. The number of nitrogen functional groups attached to an aromatic ring is 1. The standard InChI is InChI=1S/C10H10N4O/c11-10-7(2-1-3-12-10)4-9(15)8-5-13-14-6-8/h1-3,5-6H,4H2,(H2,11,12)(H,13,14). The lowest BCUT2D eigenvalue weighted by atomic mass is 10.1. The molecule has 0 aromatic carbocycles. The highest BCUT2D eigenvalue weighted by Gasteiger charge is 2.09. The number of hydrogen-bond acceptors (Lipinski definition) is 4. The molecule has 0 saturated heterocycles. The summed E-state index contributed by atoms with van der Waals surface area (Å²) >= 11 is 0. The molecular formula is C10H10N4O. The quantitative estimate of drug-likeness (QED) is 0.721. The molecule has 0 atom stereocenters. The van der Waals surface area contributed by atoms with Crippen molar-refractivity contribution in [3.8, 4) is 0 Å². The number of nitrogens with one attached hydrogen (secondary N) is 1. The van der Waals surface area contributed by atoms with Crippen LogP contribution in [0.1, 0.15) is 15.9 Å². The van der Waals surface area contributed by atoms with Crippen molar-refractivity contribution in [2.45, 2.75) is 6.42 Å². The van der Waals surface area contributed by atoms with Crippen LogP contribution >= 0.6 is 0 Å². The Morgan fingerprint density at radius 2 is 2.40 bits per heavy atom. The Morgan fingerprint density at radius 1 is 1.53 bits per heavy atom. The van der Waals surface area contributed by atoms with E-state index in [1.54, 1.807) is 24.5 Å². The van der Waals surface area contributed by atoms with E-state index in [0.717, 1.165) is 5.56 Å². The highest BCUT2D eigenvalue weighted by atomic mass is 16.1. The molecule has 2 rings (SSSR count). The van der Waals surface area contributed by atoms with Crippen molar-refractivity contribution in [3.63, 3.8) is 0 Å². The third kappa shape index (κ3) is 2.01. The second kappa shape index (κ2) is 3.91. The maximum absolute atomic E-state index is 11.7. The number of carbonyl (C=O) groups is 1. The van der Waals surface area contributed by atoms with E-state index in [-0.39, 0.29) is 12.2 Å². The first-order chi connectivity index (χ1) is 7.27. The zero-order valence-electron chi connectivity index (χ0n) is 7.97. The van der Waals surface area contributed by atoms with Crippen molar-refractivity contribution >= 4 is 11.6 Å². The third-order valence-electron chi connectivity index (χ3n) is 2.10. The van der Waals surface area contributed by atoms with Crippen LogP contribution in [0.4, 0.5) is 5.82 Å². The molecule has 0 aliphatic heterocycles. The van der Waals surface area contributed by atoms with E-state index in [4.69, 9.17) is 5.73 Å². The molecule has 2 aromatic rings. The summed E-state index contributed by atoms with van der Waals surface area (Å²) in [5, 5.41) is 6.31. The number of Topliss-reactive ketones (excluding diaryl/α,β-unsaturated/α-hetero) is 1. The first kappa shape index (κ1) is 9.39. The van der Waals surface area contributed by atoms with Gasteiger partial charge in [-0.05, 0) is 6.07 Å². The van der Waals surface area contributed by atoms with Gasteiger partial charge in [0.05, 0.1) is 11.8 Å². The van der Waals surface area contributed by atoms with E-state index < -0.39 is 0 Å². The number of nitrogens with two attached hydrogens (primary N) is 1. The molecule has 0 aliphatic carbocycles. The minimum absolute atomic E-state index is 0.0246. The molecular weight excluding hydrogens is 192 g/mol. The van der Waals surface area contributed by atoms with Gasteiger partial charge in [0.1, 0.15) is 5.82 Å². The number of ketones is 1. The van der Waals surface area contributed by atoms with Gasteiger partial charge < -0.3 is 5.73 Å². The van der Waals surface area contributed by atoms with E-state index in [9.17, 15) is 4.79 Å². The summed E-state index contributed by atoms with van der Waals surface area (Å²) in [6, 6.07) is 3.55. The van der Waals surface area contributed by atoms with Gasteiger partial charge in [0.2, 0.25) is 0 Å². The molecule has 2 heterocycles. The molecule has 0 bridgehead atoms. The topological polar surface area (TPSA) is 84.7 Å². The van der Waals surface area contributed by atoms with Gasteiger partial charge in [-0.25, -0.2) is 4.98 Å². The first-order valence-corrected chi connectivity index (χ1v) is 4.48. The molecule has 0 fully saturated rings. The van der Waals surface area contributed by atoms with Crippen molar-refractivity contribution in [2.75, 3.05) is 5.73 Å². The maximum Gasteiger partial charge on any atom is 0.170 e. The summed E-state index contributed by atoms with van der Waals surface area (Å²) < 4.78 is 0. The van der Waals surface area contributed by atoms with Gasteiger partial charge in [-0.15, -0.1) is 0 Å². The minimum Gasteiger partial charge on any atom is -0.383 e.